The first-order valence-electron chi connectivity index (χ1n) is 7.63. The van der Waals surface area contributed by atoms with Gasteiger partial charge in [0.15, 0.2) is 0 Å². The Morgan fingerprint density at radius 1 is 1.00 bits per heavy atom. The predicted octanol–water partition coefficient (Wildman–Crippen LogP) is 2.76. The molecule has 142 valence electrons. The van der Waals surface area contributed by atoms with E-state index >= 15 is 0 Å². The molecular weight excluding hydrogens is 368 g/mol. The van der Waals surface area contributed by atoms with Gasteiger partial charge in [-0.05, 0) is 35.4 Å². The fourth-order valence-electron chi connectivity index (χ4n) is 1.71. The molecule has 0 bridgehead atoms. The highest BCUT2D eigenvalue weighted by Crippen LogP contribution is 2.14. The molecule has 0 aliphatic heterocycles. The van der Waals surface area contributed by atoms with E-state index in [-0.39, 0.29) is 5.84 Å². The number of amidine groups is 1. The number of ether oxygens (including phenoxy) is 1. The van der Waals surface area contributed by atoms with Gasteiger partial charge in [-0.25, -0.2) is 4.79 Å². The summed E-state index contributed by atoms with van der Waals surface area (Å²) < 4.78 is 31.1. The molecule has 0 aliphatic carbocycles. The van der Waals surface area contributed by atoms with Gasteiger partial charge in [-0.15, -0.1) is 0 Å². The molecule has 0 radical (unpaired) electrons. The Bertz CT molecular complexity index is 910. The number of hydrogen-bond acceptors (Lipinski definition) is 5. The minimum Gasteiger partial charge on any atom is -0.423 e. The average Bonchev–Trinajstić information content (AvgIpc) is 2.59. The van der Waals surface area contributed by atoms with E-state index in [2.05, 4.69) is 0 Å². The van der Waals surface area contributed by atoms with E-state index in [1.807, 2.05) is 30.3 Å². The van der Waals surface area contributed by atoms with Crippen LogP contribution in [0.25, 0.3) is 12.2 Å². The number of esters is 1. The molecule has 0 heterocycles. The molecule has 0 amide bonds. The van der Waals surface area contributed by atoms with Gasteiger partial charge >= 0.3 is 5.97 Å². The third kappa shape index (κ3) is 11.9. The van der Waals surface area contributed by atoms with E-state index in [1.54, 1.807) is 36.4 Å². The molecule has 0 aromatic heterocycles. The maximum atomic E-state index is 11.7. The first kappa shape index (κ1) is 21.8. The van der Waals surface area contributed by atoms with Crippen LogP contribution in [0, 0.1) is 5.41 Å². The molecule has 0 unspecified atom stereocenters. The van der Waals surface area contributed by atoms with Crippen LogP contribution in [-0.4, -0.2) is 31.0 Å². The summed E-state index contributed by atoms with van der Waals surface area (Å²) >= 11 is 0. The Balaban J connectivity index is 0.000000646. The smallest absolute Gasteiger partial charge is 0.336 e. The number of benzene rings is 2. The van der Waals surface area contributed by atoms with Crippen LogP contribution < -0.4 is 10.5 Å². The Hall–Kier alpha value is -3.23. The van der Waals surface area contributed by atoms with E-state index in [4.69, 9.17) is 20.4 Å². The zero-order valence-corrected chi connectivity index (χ0v) is 15.4. The molecule has 0 fully saturated rings. The van der Waals surface area contributed by atoms with Gasteiger partial charge in [0.2, 0.25) is 0 Å². The van der Waals surface area contributed by atoms with Crippen LogP contribution >= 0.6 is 0 Å². The third-order valence-corrected chi connectivity index (χ3v) is 2.77. The lowest BCUT2D eigenvalue weighted by Gasteiger charge is -2.01. The van der Waals surface area contributed by atoms with Gasteiger partial charge in [0.05, 0.1) is 6.26 Å². The van der Waals surface area contributed by atoms with E-state index in [9.17, 15) is 13.2 Å². The minimum absolute atomic E-state index is 0.0125. The van der Waals surface area contributed by atoms with Crippen LogP contribution in [0.5, 0.6) is 5.75 Å². The van der Waals surface area contributed by atoms with Gasteiger partial charge in [-0.2, -0.15) is 8.42 Å². The topological polar surface area (TPSA) is 131 Å². The summed E-state index contributed by atoms with van der Waals surface area (Å²) in [5, 5.41) is 7.11. The second kappa shape index (κ2) is 10.7. The molecule has 0 saturated carbocycles. The van der Waals surface area contributed by atoms with Gasteiger partial charge in [0.25, 0.3) is 10.1 Å². The van der Waals surface area contributed by atoms with E-state index in [0.29, 0.717) is 12.0 Å². The van der Waals surface area contributed by atoms with Crippen LogP contribution in [0.15, 0.2) is 66.7 Å². The lowest BCUT2D eigenvalue weighted by molar-refractivity contribution is -0.128. The van der Waals surface area contributed by atoms with Crippen molar-refractivity contribution in [3.8, 4) is 5.75 Å². The van der Waals surface area contributed by atoms with Crippen molar-refractivity contribution < 1.29 is 22.5 Å². The van der Waals surface area contributed by atoms with Crippen molar-refractivity contribution in [3.63, 3.8) is 0 Å². The first-order valence-corrected chi connectivity index (χ1v) is 9.48. The van der Waals surface area contributed by atoms with Crippen LogP contribution in [-0.2, 0) is 14.9 Å². The van der Waals surface area contributed by atoms with Crippen molar-refractivity contribution in [1.29, 1.82) is 5.41 Å². The molecule has 0 saturated heterocycles. The van der Waals surface area contributed by atoms with Gasteiger partial charge in [-0.3, -0.25) is 9.96 Å². The second-order valence-electron chi connectivity index (χ2n) is 5.26. The Labute approximate surface area is 158 Å². The summed E-state index contributed by atoms with van der Waals surface area (Å²) in [5.41, 5.74) is 7.04. The highest BCUT2D eigenvalue weighted by molar-refractivity contribution is 7.85. The van der Waals surface area contributed by atoms with Crippen molar-refractivity contribution in [2.45, 2.75) is 0 Å². The summed E-state index contributed by atoms with van der Waals surface area (Å²) in [6.45, 7) is 0. The van der Waals surface area contributed by atoms with Crippen molar-refractivity contribution in [2.24, 2.45) is 5.73 Å². The van der Waals surface area contributed by atoms with Crippen LogP contribution in [0.3, 0.4) is 0 Å². The van der Waals surface area contributed by atoms with E-state index in [1.165, 1.54) is 12.2 Å². The van der Waals surface area contributed by atoms with Gasteiger partial charge < -0.3 is 10.5 Å². The van der Waals surface area contributed by atoms with Crippen molar-refractivity contribution in [1.82, 2.24) is 0 Å². The number of nitrogens with two attached hydrogens (primary N) is 1. The zero-order valence-electron chi connectivity index (χ0n) is 14.6. The molecule has 0 spiro atoms. The molecule has 27 heavy (non-hydrogen) atoms. The molecule has 2 aromatic rings. The zero-order chi connectivity index (χ0) is 20.3. The number of carbonyl (C=O) groups excluding carboxylic acids is 1. The van der Waals surface area contributed by atoms with Crippen LogP contribution in [0.4, 0.5) is 0 Å². The number of rotatable bonds is 5. The molecule has 4 N–H and O–H groups in total. The number of hydrogen-bond donors (Lipinski definition) is 3. The molecule has 8 heteroatoms. The molecular formula is C19H20N2O5S. The fourth-order valence-corrected chi connectivity index (χ4v) is 1.71. The van der Waals surface area contributed by atoms with E-state index < -0.39 is 16.1 Å². The Morgan fingerprint density at radius 2 is 1.48 bits per heavy atom. The summed E-state index contributed by atoms with van der Waals surface area (Å²) in [6.07, 6.45) is 7.01. The van der Waals surface area contributed by atoms with Gasteiger partial charge in [0.1, 0.15) is 11.6 Å². The number of carbonyl (C=O) groups is 1. The summed E-state index contributed by atoms with van der Waals surface area (Å²) in [4.78, 5) is 11.7. The minimum atomic E-state index is -3.67. The molecule has 2 aromatic carbocycles. The lowest BCUT2D eigenvalue weighted by Crippen LogP contribution is -2.04. The maximum absolute atomic E-state index is 11.7. The quantitative estimate of drug-likeness (QED) is 0.180. The van der Waals surface area contributed by atoms with Crippen molar-refractivity contribution >= 4 is 34.1 Å². The predicted molar refractivity (Wildman–Crippen MR) is 106 cm³/mol. The van der Waals surface area contributed by atoms with E-state index in [0.717, 1.165) is 11.1 Å². The largest absolute Gasteiger partial charge is 0.423 e. The molecule has 7 nitrogen and oxygen atoms in total. The monoisotopic (exact) mass is 388 g/mol. The lowest BCUT2D eigenvalue weighted by atomic mass is 10.2. The Kier molecular flexibility index (Phi) is 8.64. The fraction of sp³-hybridized carbons (Fsp3) is 0.0526. The Morgan fingerprint density at radius 3 is 2.00 bits per heavy atom. The van der Waals surface area contributed by atoms with Gasteiger partial charge in [-0.1, -0.05) is 48.5 Å². The first-order chi connectivity index (χ1) is 12.6. The van der Waals surface area contributed by atoms with Crippen LogP contribution in [0.1, 0.15) is 11.1 Å². The molecule has 0 atom stereocenters. The SMILES string of the molecule is CS(=O)(=O)O.N=C(N)C=Cc1ccc(OC(=O)C=Cc2ccccc2)cc1. The van der Waals surface area contributed by atoms with Gasteiger partial charge in [0, 0.05) is 6.08 Å². The van der Waals surface area contributed by atoms with Crippen molar-refractivity contribution in [2.75, 3.05) is 6.26 Å². The maximum Gasteiger partial charge on any atom is 0.336 e. The van der Waals surface area contributed by atoms with Crippen LogP contribution in [0.2, 0.25) is 0 Å². The second-order valence-corrected chi connectivity index (χ2v) is 6.72. The number of nitrogens with one attached hydrogen (secondary N) is 1. The summed E-state index contributed by atoms with van der Waals surface area (Å²) in [6, 6.07) is 16.5. The summed E-state index contributed by atoms with van der Waals surface area (Å²) in [5.74, 6) is 0.0140. The average molecular weight is 388 g/mol. The standard InChI is InChI=1S/C18H16N2O2.CH4O3S/c19-17(20)12-8-15-6-10-16(11-7-15)22-18(21)13-9-14-4-2-1-3-5-14;1-5(2,3)4/h1-13H,(H3,19,20);1H3,(H,2,3,4). The van der Waals surface area contributed by atoms with Crippen molar-refractivity contribution in [3.05, 3.63) is 77.9 Å². The molecule has 2 rings (SSSR count). The summed E-state index contributed by atoms with van der Waals surface area (Å²) in [7, 11) is -3.67. The molecule has 0 aliphatic rings. The highest BCUT2D eigenvalue weighted by atomic mass is 32.2. The highest BCUT2D eigenvalue weighted by Gasteiger charge is 2.00. The normalized spacial score (nSPS) is 11.0. The third-order valence-electron chi connectivity index (χ3n) is 2.77.